The highest BCUT2D eigenvalue weighted by atomic mass is 16.5. The average Bonchev–Trinajstić information content (AvgIpc) is 2.78. The molecule has 2 aromatic carbocycles. The molecule has 1 aliphatic rings. The zero-order valence-corrected chi connectivity index (χ0v) is 18.9. The molecule has 2 aromatic rings. The lowest BCUT2D eigenvalue weighted by Crippen LogP contribution is -2.40. The number of piperidine rings is 1. The number of hydrogen-bond acceptors (Lipinski definition) is 5. The first-order valence-corrected chi connectivity index (χ1v) is 10.9. The number of rotatable bonds is 10. The highest BCUT2D eigenvalue weighted by Gasteiger charge is 2.21. The first kappa shape index (κ1) is 22.4. The van der Waals surface area contributed by atoms with Gasteiger partial charge in [0.25, 0.3) is 0 Å². The molecule has 0 unspecified atom stereocenters. The molecule has 0 radical (unpaired) electrons. The van der Waals surface area contributed by atoms with E-state index in [1.165, 1.54) is 37.1 Å². The summed E-state index contributed by atoms with van der Waals surface area (Å²) < 4.78 is 16.0. The van der Waals surface area contributed by atoms with Crippen LogP contribution in [0, 0.1) is 5.92 Å². The molecule has 3 rings (SSSR count). The summed E-state index contributed by atoms with van der Waals surface area (Å²) in [6, 6.07) is 14.7. The molecule has 1 atom stereocenters. The van der Waals surface area contributed by atoms with Crippen LogP contribution in [0.25, 0.3) is 0 Å². The minimum absolute atomic E-state index is 0.722. The van der Waals surface area contributed by atoms with Gasteiger partial charge in [0.05, 0.1) is 21.3 Å². The van der Waals surface area contributed by atoms with E-state index in [-0.39, 0.29) is 0 Å². The van der Waals surface area contributed by atoms with E-state index in [1.54, 1.807) is 21.3 Å². The maximum absolute atomic E-state index is 5.44. The Balaban J connectivity index is 1.46. The van der Waals surface area contributed by atoms with E-state index in [1.807, 2.05) is 6.07 Å². The van der Waals surface area contributed by atoms with Crippen LogP contribution in [0.5, 0.6) is 17.2 Å². The molecule has 0 aliphatic carbocycles. The van der Waals surface area contributed by atoms with Crippen molar-refractivity contribution in [3.8, 4) is 17.2 Å². The summed E-state index contributed by atoms with van der Waals surface area (Å²) in [7, 11) is 7.29. The summed E-state index contributed by atoms with van der Waals surface area (Å²) in [6.07, 6.45) is 3.70. The van der Waals surface area contributed by atoms with Crippen molar-refractivity contribution in [1.29, 1.82) is 0 Å². The van der Waals surface area contributed by atoms with Crippen molar-refractivity contribution in [1.82, 2.24) is 9.80 Å². The molecule has 164 valence electrons. The summed E-state index contributed by atoms with van der Waals surface area (Å²) in [5.74, 6) is 3.23. The molecule has 0 N–H and O–H groups in total. The lowest BCUT2D eigenvalue weighted by atomic mass is 9.97. The van der Waals surface area contributed by atoms with Crippen LogP contribution in [0.3, 0.4) is 0 Å². The van der Waals surface area contributed by atoms with Crippen LogP contribution in [0.4, 0.5) is 0 Å². The van der Waals surface area contributed by atoms with Crippen molar-refractivity contribution in [3.63, 3.8) is 0 Å². The number of ether oxygens (including phenoxy) is 3. The Morgan fingerprint density at radius 2 is 1.67 bits per heavy atom. The molecule has 5 nitrogen and oxygen atoms in total. The minimum Gasteiger partial charge on any atom is -0.497 e. The van der Waals surface area contributed by atoms with E-state index in [4.69, 9.17) is 14.2 Å². The molecule has 1 heterocycles. The number of likely N-dealkylation sites (tertiary alicyclic amines) is 1. The second-order valence-electron chi connectivity index (χ2n) is 8.29. The SMILES string of the molecule is COc1ccc(CCN2CCC[C@@H](CN(C)Cc3ccc(OC)c(OC)c3)C2)cc1. The summed E-state index contributed by atoms with van der Waals surface area (Å²) in [6.45, 7) is 5.57. The van der Waals surface area contributed by atoms with Crippen LogP contribution >= 0.6 is 0 Å². The normalized spacial score (nSPS) is 17.2. The Bertz CT molecular complexity index is 778. The van der Waals surface area contributed by atoms with Crippen LogP contribution in [0.2, 0.25) is 0 Å². The van der Waals surface area contributed by atoms with Crippen molar-refractivity contribution in [2.24, 2.45) is 5.92 Å². The van der Waals surface area contributed by atoms with Crippen molar-refractivity contribution >= 4 is 0 Å². The van der Waals surface area contributed by atoms with Gasteiger partial charge in [-0.2, -0.15) is 0 Å². The van der Waals surface area contributed by atoms with E-state index in [0.717, 1.165) is 49.2 Å². The number of hydrogen-bond donors (Lipinski definition) is 0. The zero-order valence-electron chi connectivity index (χ0n) is 18.9. The van der Waals surface area contributed by atoms with Gasteiger partial charge < -0.3 is 24.0 Å². The van der Waals surface area contributed by atoms with Gasteiger partial charge in [0.15, 0.2) is 11.5 Å². The molecule has 0 bridgehead atoms. The Labute approximate surface area is 181 Å². The maximum atomic E-state index is 5.44. The largest absolute Gasteiger partial charge is 0.497 e. The molecular weight excluding hydrogens is 376 g/mol. The van der Waals surface area contributed by atoms with Gasteiger partial charge in [-0.1, -0.05) is 18.2 Å². The third kappa shape index (κ3) is 6.38. The fraction of sp³-hybridized carbons (Fsp3) is 0.520. The Hall–Kier alpha value is -2.24. The number of benzene rings is 2. The minimum atomic E-state index is 0.722. The quantitative estimate of drug-likeness (QED) is 0.587. The van der Waals surface area contributed by atoms with Crippen LogP contribution in [0.15, 0.2) is 42.5 Å². The second kappa shape index (κ2) is 11.2. The van der Waals surface area contributed by atoms with Crippen LogP contribution in [0.1, 0.15) is 24.0 Å². The smallest absolute Gasteiger partial charge is 0.161 e. The standard InChI is InChI=1S/C25H36N2O3/c1-26(17-21-9-12-24(29-3)25(16-21)30-4)18-22-6-5-14-27(19-22)15-13-20-7-10-23(28-2)11-8-20/h7-12,16,22H,5-6,13-15,17-19H2,1-4H3/t22-/m0/s1. The summed E-state index contributed by atoms with van der Waals surface area (Å²) in [5.41, 5.74) is 2.63. The van der Waals surface area contributed by atoms with E-state index in [2.05, 4.69) is 53.2 Å². The van der Waals surface area contributed by atoms with Gasteiger partial charge in [-0.05, 0) is 74.2 Å². The number of nitrogens with zero attached hydrogens (tertiary/aromatic N) is 2. The Kier molecular flexibility index (Phi) is 8.40. The summed E-state index contributed by atoms with van der Waals surface area (Å²) >= 11 is 0. The maximum Gasteiger partial charge on any atom is 0.161 e. The van der Waals surface area contributed by atoms with Gasteiger partial charge in [0, 0.05) is 26.2 Å². The molecule has 1 aliphatic heterocycles. The van der Waals surface area contributed by atoms with E-state index in [9.17, 15) is 0 Å². The first-order chi connectivity index (χ1) is 14.6. The predicted molar refractivity (Wildman–Crippen MR) is 122 cm³/mol. The van der Waals surface area contributed by atoms with Gasteiger partial charge >= 0.3 is 0 Å². The van der Waals surface area contributed by atoms with Crippen molar-refractivity contribution in [2.75, 3.05) is 54.6 Å². The molecule has 0 aromatic heterocycles. The summed E-state index contributed by atoms with van der Waals surface area (Å²) in [5, 5.41) is 0. The Morgan fingerprint density at radius 1 is 0.933 bits per heavy atom. The molecule has 0 spiro atoms. The van der Waals surface area contributed by atoms with E-state index in [0.29, 0.717) is 0 Å². The zero-order chi connectivity index (χ0) is 21.3. The van der Waals surface area contributed by atoms with Gasteiger partial charge in [-0.3, -0.25) is 0 Å². The van der Waals surface area contributed by atoms with Gasteiger partial charge in [0.2, 0.25) is 0 Å². The Morgan fingerprint density at radius 3 is 2.37 bits per heavy atom. The topological polar surface area (TPSA) is 34.2 Å². The fourth-order valence-corrected chi connectivity index (χ4v) is 4.38. The van der Waals surface area contributed by atoms with Crippen molar-refractivity contribution in [3.05, 3.63) is 53.6 Å². The van der Waals surface area contributed by atoms with Gasteiger partial charge in [-0.15, -0.1) is 0 Å². The highest BCUT2D eigenvalue weighted by molar-refractivity contribution is 5.42. The highest BCUT2D eigenvalue weighted by Crippen LogP contribution is 2.28. The third-order valence-corrected chi connectivity index (χ3v) is 5.95. The van der Waals surface area contributed by atoms with Crippen molar-refractivity contribution in [2.45, 2.75) is 25.8 Å². The van der Waals surface area contributed by atoms with E-state index < -0.39 is 0 Å². The number of methoxy groups -OCH3 is 3. The third-order valence-electron chi connectivity index (χ3n) is 5.95. The van der Waals surface area contributed by atoms with Gasteiger partial charge in [-0.25, -0.2) is 0 Å². The average molecular weight is 413 g/mol. The molecule has 5 heteroatoms. The molecule has 0 amide bonds. The lowest BCUT2D eigenvalue weighted by Gasteiger charge is -2.34. The van der Waals surface area contributed by atoms with Crippen LogP contribution in [-0.4, -0.2) is 64.4 Å². The van der Waals surface area contributed by atoms with Crippen molar-refractivity contribution < 1.29 is 14.2 Å². The lowest BCUT2D eigenvalue weighted by molar-refractivity contribution is 0.142. The van der Waals surface area contributed by atoms with E-state index >= 15 is 0 Å². The molecule has 1 fully saturated rings. The molecule has 0 saturated carbocycles. The monoisotopic (exact) mass is 412 g/mol. The first-order valence-electron chi connectivity index (χ1n) is 10.9. The fourth-order valence-electron chi connectivity index (χ4n) is 4.38. The predicted octanol–water partition coefficient (Wildman–Crippen LogP) is 4.10. The summed E-state index contributed by atoms with van der Waals surface area (Å²) in [4.78, 5) is 5.06. The molecule has 30 heavy (non-hydrogen) atoms. The van der Waals surface area contributed by atoms with Crippen LogP contribution in [-0.2, 0) is 13.0 Å². The van der Waals surface area contributed by atoms with Crippen LogP contribution < -0.4 is 14.2 Å². The molecule has 1 saturated heterocycles. The van der Waals surface area contributed by atoms with Gasteiger partial charge in [0.1, 0.15) is 5.75 Å². The molecular formula is C25H36N2O3. The second-order valence-corrected chi connectivity index (χ2v) is 8.29.